The van der Waals surface area contributed by atoms with E-state index >= 15 is 0 Å². The van der Waals surface area contributed by atoms with Crippen LogP contribution in [0.1, 0.15) is 29.8 Å². The predicted octanol–water partition coefficient (Wildman–Crippen LogP) is -1.96. The van der Waals surface area contributed by atoms with E-state index in [2.05, 4.69) is 53.8 Å². The van der Waals surface area contributed by atoms with Gasteiger partial charge in [-0.15, -0.1) is 0 Å². The van der Waals surface area contributed by atoms with Crippen LogP contribution in [0.5, 0.6) is 5.88 Å². The summed E-state index contributed by atoms with van der Waals surface area (Å²) >= 11 is 0. The number of benzene rings is 1. The highest BCUT2D eigenvalue weighted by Crippen LogP contribution is 2.68. The van der Waals surface area contributed by atoms with E-state index in [1.54, 1.807) is 0 Å². The van der Waals surface area contributed by atoms with E-state index in [0.717, 1.165) is 33.7 Å². The number of phosphoric acid groups is 4. The number of nitrogens with two attached hydrogens (primary N) is 2. The van der Waals surface area contributed by atoms with Crippen molar-refractivity contribution in [1.29, 1.82) is 0 Å². The Hall–Kier alpha value is -5.93. The number of ether oxygens (including phenoxy) is 4. The van der Waals surface area contributed by atoms with E-state index in [1.165, 1.54) is 35.2 Å². The second kappa shape index (κ2) is 23.2. The summed E-state index contributed by atoms with van der Waals surface area (Å²) in [6.07, 6.45) is -15.6. The molecule has 39 nitrogen and oxygen atoms in total. The molecule has 15 N–H and O–H groups in total. The molecule has 0 aliphatic carbocycles. The maximum atomic E-state index is 13.9. The van der Waals surface area contributed by atoms with Crippen LogP contribution in [0.25, 0.3) is 33.5 Å². The summed E-state index contributed by atoms with van der Waals surface area (Å²) in [4.78, 5) is 86.2. The van der Waals surface area contributed by atoms with Crippen molar-refractivity contribution in [3.63, 3.8) is 0 Å². The monoisotopic (exact) mass is 1250 g/mol. The Morgan fingerprint density at radius 3 is 1.94 bits per heavy atom. The minimum absolute atomic E-state index is 0.0322. The van der Waals surface area contributed by atoms with Crippen molar-refractivity contribution in [2.24, 2.45) is 7.05 Å². The van der Waals surface area contributed by atoms with Crippen molar-refractivity contribution in [1.82, 2.24) is 53.6 Å². The molecule has 83 heavy (non-hydrogen) atoms. The molecule has 0 radical (unpaired) electrons. The minimum atomic E-state index is -6.22. The number of aromatic nitrogens is 12. The molecule has 3 aliphatic rings. The fourth-order valence-corrected chi connectivity index (χ4v) is 13.9. The second-order valence-electron chi connectivity index (χ2n) is 18.7. The molecule has 7 aromatic rings. The Balaban J connectivity index is 0.830. The molecule has 10 rings (SSSR count). The van der Waals surface area contributed by atoms with Crippen molar-refractivity contribution in [3.05, 3.63) is 71.1 Å². The van der Waals surface area contributed by atoms with Gasteiger partial charge in [-0.2, -0.15) is 28.1 Å². The molecule has 3 saturated heterocycles. The third-order valence-electron chi connectivity index (χ3n) is 13.0. The fraction of sp³-hybridized carbons (Fsp3) is 0.475. The first-order valence-electron chi connectivity index (χ1n) is 24.1. The van der Waals surface area contributed by atoms with Crippen LogP contribution in [0.15, 0.2) is 54.4 Å². The number of nitrogens with zero attached hydrogens (tertiary/aromatic N) is 11. The molecule has 0 bridgehead atoms. The Morgan fingerprint density at radius 2 is 1.30 bits per heavy atom. The minimum Gasteiger partial charge on any atom is -0.490 e. The summed E-state index contributed by atoms with van der Waals surface area (Å²) in [6, 6.07) is 7.61. The van der Waals surface area contributed by atoms with Gasteiger partial charge in [0.15, 0.2) is 40.6 Å². The van der Waals surface area contributed by atoms with Crippen LogP contribution in [0.3, 0.4) is 0 Å². The average molecular weight is 1250 g/mol. The number of fused-ring (bicyclic) bond motifs is 3. The number of aromatic hydroxyl groups is 1. The van der Waals surface area contributed by atoms with Crippen molar-refractivity contribution in [2.75, 3.05) is 43.7 Å². The molecule has 3 aliphatic heterocycles. The lowest BCUT2D eigenvalue weighted by atomic mass is 10.1. The molecular formula is C40H52N15O24P4+. The van der Waals surface area contributed by atoms with Gasteiger partial charge in [0.1, 0.15) is 61.3 Å². The van der Waals surface area contributed by atoms with E-state index in [1.807, 2.05) is 31.2 Å². The highest BCUT2D eigenvalue weighted by Gasteiger charge is 2.54. The first kappa shape index (κ1) is 60.2. The lowest BCUT2D eigenvalue weighted by molar-refractivity contribution is -0.646. The number of rotatable bonds is 22. The Kier molecular flexibility index (Phi) is 16.8. The van der Waals surface area contributed by atoms with Gasteiger partial charge in [0, 0.05) is 13.7 Å². The predicted molar refractivity (Wildman–Crippen MR) is 272 cm³/mol. The van der Waals surface area contributed by atoms with Gasteiger partial charge in [-0.1, -0.05) is 29.8 Å². The molecular weight excluding hydrogens is 1200 g/mol. The standard InChI is InChI=1S/C40H51N15O24P4/c1-16-5-4-6-17(7-16)8-43-30-21-31(45-12-44-30)53(13-46-21)38-29(70-3)28(77-80(62,63)71-9-18-24(56)26(58)36(74-18)54-14-47-22-32(54)48-39(41)50-34(22)60)20(76-38)11-73-82(66,67)79-83(68,69)78-81(64,65)72-10-19-25(57)27(59)37(75-19)55-15-52(2)23-33(55)49-40(42)51-35(23)61/h4-7,12-15,18-20,24-29,36-38,56-59H,8-11H2,1-3H3,(H10-,41,42,43,44,45,48,49,50,51,60,61,62,63,64,65,66,67,68,69)/p+1/t18-,19-,20-,24?,25?,26+,27?,28?,29+,36-,37-,38-/m1/s1. The number of methoxy groups -OCH3 is 1. The second-order valence-corrected chi connectivity index (χ2v) is 24.8. The molecule has 16 atom stereocenters. The third-order valence-corrected chi connectivity index (χ3v) is 18.3. The van der Waals surface area contributed by atoms with Crippen LogP contribution in [-0.4, -0.2) is 181 Å². The average Bonchev–Trinajstić information content (AvgIpc) is 2.58. The zero-order chi connectivity index (χ0) is 59.7. The van der Waals surface area contributed by atoms with Gasteiger partial charge in [-0.25, -0.2) is 42.8 Å². The number of nitrogens with one attached hydrogen (secondary N) is 2. The number of aliphatic hydroxyl groups excluding tert-OH is 4. The van der Waals surface area contributed by atoms with E-state index < -0.39 is 136 Å². The molecule has 8 unspecified atom stereocenters. The van der Waals surface area contributed by atoms with Crippen molar-refractivity contribution >= 4 is 82.5 Å². The lowest BCUT2D eigenvalue weighted by Gasteiger charge is -2.26. The summed E-state index contributed by atoms with van der Waals surface area (Å²) in [5, 5.41) is 57.0. The largest absolute Gasteiger partial charge is 0.490 e. The summed E-state index contributed by atoms with van der Waals surface area (Å²) < 4.78 is 110. The number of imidazole rings is 3. The number of aromatic amines is 1. The Labute approximate surface area is 463 Å². The molecule has 9 heterocycles. The lowest BCUT2D eigenvalue weighted by Crippen LogP contribution is -2.38. The number of hydrogen-bond acceptors (Lipinski definition) is 30. The fourth-order valence-electron chi connectivity index (χ4n) is 9.38. The number of nitrogen functional groups attached to an aromatic ring is 2. The molecule has 0 saturated carbocycles. The maximum absolute atomic E-state index is 13.9. The Bertz CT molecular complexity index is 3840. The SMILES string of the molecule is CO[C@H]1C(OP(=O)(O)OC[C@H]2O[C@@H](n3cnc4c(=O)[nH]c(N)nc43)[C@@H](O)C2O)[C@@H](COP(=O)(O)OP(=O)(O)OP(=O)(O)OC[C@H]2O[C@@H](n3c[n+](C)c4c(O)nc(N)nc43)C(O)C2O)O[C@H]1n1cnc2c(NCc3cccc(C)c3)ncnc21. The van der Waals surface area contributed by atoms with Crippen LogP contribution >= 0.6 is 31.3 Å². The van der Waals surface area contributed by atoms with Gasteiger partial charge >= 0.3 is 31.3 Å². The van der Waals surface area contributed by atoms with E-state index in [4.69, 9.17) is 48.5 Å². The first-order chi connectivity index (χ1) is 39.1. The molecule has 0 spiro atoms. The molecule has 0 amide bonds. The van der Waals surface area contributed by atoms with Gasteiger partial charge in [0.05, 0.1) is 39.5 Å². The van der Waals surface area contributed by atoms with Crippen LogP contribution in [0, 0.1) is 6.92 Å². The quantitative estimate of drug-likeness (QED) is 0.0259. The summed E-state index contributed by atoms with van der Waals surface area (Å²) in [5.41, 5.74) is 12.4. The summed E-state index contributed by atoms with van der Waals surface area (Å²) in [7, 11) is -21.0. The number of phosphoric ester groups is 3. The smallest absolute Gasteiger partial charge is 0.490 e. The maximum Gasteiger partial charge on any atom is 0.490 e. The Morgan fingerprint density at radius 1 is 0.711 bits per heavy atom. The van der Waals surface area contributed by atoms with E-state index in [9.17, 15) is 68.2 Å². The topological polar surface area (TPSA) is 548 Å². The third kappa shape index (κ3) is 12.6. The molecule has 6 aromatic heterocycles. The van der Waals surface area contributed by atoms with E-state index in [-0.39, 0.29) is 51.2 Å². The number of aryl methyl sites for hydroxylation is 2. The van der Waals surface area contributed by atoms with Crippen molar-refractivity contribution < 1.29 is 114 Å². The summed E-state index contributed by atoms with van der Waals surface area (Å²) in [5.74, 6) is -0.972. The molecule has 1 aromatic carbocycles. The molecule has 43 heteroatoms. The zero-order valence-electron chi connectivity index (χ0n) is 42.9. The molecule has 450 valence electrons. The highest BCUT2D eigenvalue weighted by atomic mass is 31.3. The number of aliphatic hydroxyl groups is 4. The van der Waals surface area contributed by atoms with Crippen LogP contribution < -0.4 is 26.9 Å². The molecule has 3 fully saturated rings. The van der Waals surface area contributed by atoms with Crippen molar-refractivity contribution in [2.45, 2.75) is 87.1 Å². The number of hydrogen-bond donors (Lipinski definition) is 13. The van der Waals surface area contributed by atoms with Crippen LogP contribution in [0.4, 0.5) is 17.7 Å². The number of anilines is 3. The van der Waals surface area contributed by atoms with Gasteiger partial charge in [-0.05, 0) is 12.5 Å². The number of H-pyrrole nitrogens is 1. The summed E-state index contributed by atoms with van der Waals surface area (Å²) in [6.45, 7) is -1.18. The normalized spacial score (nSPS) is 28.6. The zero-order valence-corrected chi connectivity index (χ0v) is 46.5. The van der Waals surface area contributed by atoms with E-state index in [0.29, 0.717) is 6.54 Å². The highest BCUT2D eigenvalue weighted by molar-refractivity contribution is 7.66. The van der Waals surface area contributed by atoms with Gasteiger partial charge in [-0.3, -0.25) is 37.0 Å². The first-order valence-corrected chi connectivity index (χ1v) is 30.1. The van der Waals surface area contributed by atoms with Crippen molar-refractivity contribution in [3.8, 4) is 5.88 Å². The van der Waals surface area contributed by atoms with Gasteiger partial charge < -0.3 is 80.8 Å². The van der Waals surface area contributed by atoms with Gasteiger partial charge in [0.2, 0.25) is 24.5 Å². The van der Waals surface area contributed by atoms with Crippen LogP contribution in [0.2, 0.25) is 0 Å². The van der Waals surface area contributed by atoms with Gasteiger partial charge in [0.25, 0.3) is 22.6 Å². The van der Waals surface area contributed by atoms with Crippen LogP contribution in [-0.2, 0) is 77.5 Å².